The van der Waals surface area contributed by atoms with Crippen molar-refractivity contribution in [2.45, 2.75) is 31.9 Å². The van der Waals surface area contributed by atoms with Crippen molar-refractivity contribution in [1.29, 1.82) is 0 Å². The summed E-state index contributed by atoms with van der Waals surface area (Å²) in [7, 11) is -3.69. The van der Waals surface area contributed by atoms with Crippen LogP contribution in [0.4, 0.5) is 5.13 Å². The Hall–Kier alpha value is -3.28. The Morgan fingerprint density at radius 3 is 2.64 bits per heavy atom. The van der Waals surface area contributed by atoms with Gasteiger partial charge in [-0.05, 0) is 42.8 Å². The van der Waals surface area contributed by atoms with Crippen LogP contribution in [0.3, 0.4) is 0 Å². The Balaban J connectivity index is 1.52. The number of carbonyl (C=O) groups is 2. The van der Waals surface area contributed by atoms with E-state index in [0.29, 0.717) is 28.7 Å². The number of carbonyl (C=O) groups excluding carboxylic acids is 2. The number of sulfonamides is 1. The van der Waals surface area contributed by atoms with Gasteiger partial charge in [0.2, 0.25) is 15.9 Å². The molecule has 1 N–H and O–H groups in total. The largest absolute Gasteiger partial charge is 0.468 e. The lowest BCUT2D eigenvalue weighted by Gasteiger charge is -2.14. The molecule has 3 rings (SSSR count). The van der Waals surface area contributed by atoms with Gasteiger partial charge in [0.15, 0.2) is 5.13 Å². The number of thiazole rings is 1. The van der Waals surface area contributed by atoms with Crippen molar-refractivity contribution >= 4 is 44.4 Å². The third-order valence-electron chi connectivity index (χ3n) is 4.45. The molecule has 0 saturated carbocycles. The lowest BCUT2D eigenvalue weighted by Crippen LogP contribution is -2.27. The summed E-state index contributed by atoms with van der Waals surface area (Å²) < 4.78 is 37.5. The van der Waals surface area contributed by atoms with E-state index in [1.54, 1.807) is 29.6 Å². The molecule has 0 unspecified atom stereocenters. The maximum Gasteiger partial charge on any atom is 0.331 e. The minimum atomic E-state index is -3.69. The molecule has 1 aromatic carbocycles. The molecule has 174 valence electrons. The monoisotopic (exact) mass is 489 g/mol. The van der Waals surface area contributed by atoms with Gasteiger partial charge in [0.25, 0.3) is 0 Å². The first-order chi connectivity index (χ1) is 15.8. The molecule has 33 heavy (non-hydrogen) atoms. The fourth-order valence-electron chi connectivity index (χ4n) is 2.76. The molecule has 11 heteroatoms. The van der Waals surface area contributed by atoms with E-state index in [2.05, 4.69) is 9.71 Å². The van der Waals surface area contributed by atoms with Crippen LogP contribution in [0.1, 0.15) is 30.9 Å². The van der Waals surface area contributed by atoms with Gasteiger partial charge in [-0.3, -0.25) is 9.69 Å². The zero-order valence-electron chi connectivity index (χ0n) is 18.1. The van der Waals surface area contributed by atoms with Crippen molar-refractivity contribution in [2.75, 3.05) is 11.4 Å². The van der Waals surface area contributed by atoms with Gasteiger partial charge in [-0.1, -0.05) is 12.1 Å². The van der Waals surface area contributed by atoms with Crippen LogP contribution in [0.15, 0.2) is 63.4 Å². The highest BCUT2D eigenvalue weighted by Crippen LogP contribution is 2.21. The van der Waals surface area contributed by atoms with Gasteiger partial charge in [0.1, 0.15) is 12.4 Å². The highest BCUT2D eigenvalue weighted by molar-refractivity contribution is 7.89. The van der Waals surface area contributed by atoms with E-state index < -0.39 is 16.0 Å². The average Bonchev–Trinajstić information content (AvgIpc) is 3.48. The van der Waals surface area contributed by atoms with Gasteiger partial charge in [-0.2, -0.15) is 0 Å². The van der Waals surface area contributed by atoms with Crippen LogP contribution in [0.25, 0.3) is 6.08 Å². The van der Waals surface area contributed by atoms with E-state index >= 15 is 0 Å². The first kappa shape index (κ1) is 24.4. The summed E-state index contributed by atoms with van der Waals surface area (Å²) in [5, 5.41) is 2.29. The number of hydrogen-bond acceptors (Lipinski definition) is 8. The number of amides is 1. The first-order valence-corrected chi connectivity index (χ1v) is 12.3. The second kappa shape index (κ2) is 11.0. The maximum atomic E-state index is 12.4. The number of aromatic nitrogens is 1. The van der Waals surface area contributed by atoms with E-state index in [0.717, 1.165) is 0 Å². The predicted octanol–water partition coefficient (Wildman–Crippen LogP) is 3.34. The molecular formula is C22H23N3O6S2. The molecule has 0 spiro atoms. The Morgan fingerprint density at radius 2 is 2.00 bits per heavy atom. The summed E-state index contributed by atoms with van der Waals surface area (Å²) in [5.41, 5.74) is 1.18. The number of nitrogens with zero attached hydrogens (tertiary/aromatic N) is 2. The highest BCUT2D eigenvalue weighted by Gasteiger charge is 2.15. The molecular weight excluding hydrogens is 466 g/mol. The van der Waals surface area contributed by atoms with Crippen LogP contribution < -0.4 is 9.62 Å². The van der Waals surface area contributed by atoms with Crippen LogP contribution in [0, 0.1) is 0 Å². The molecule has 0 saturated heterocycles. The number of rotatable bonds is 10. The van der Waals surface area contributed by atoms with Crippen molar-refractivity contribution in [1.82, 2.24) is 9.71 Å². The summed E-state index contributed by atoms with van der Waals surface area (Å²) >= 11 is 1.30. The van der Waals surface area contributed by atoms with Gasteiger partial charge in [0.05, 0.1) is 23.4 Å². The topological polar surface area (TPSA) is 119 Å². The Bertz CT molecular complexity index is 1220. The smallest absolute Gasteiger partial charge is 0.331 e. The molecule has 0 aliphatic carbocycles. The van der Waals surface area contributed by atoms with E-state index in [9.17, 15) is 18.0 Å². The third-order valence-corrected chi connectivity index (χ3v) is 6.78. The fraction of sp³-hybridized carbons (Fsp3) is 0.227. The normalized spacial score (nSPS) is 11.6. The zero-order valence-corrected chi connectivity index (χ0v) is 19.7. The predicted molar refractivity (Wildman–Crippen MR) is 124 cm³/mol. The number of nitrogens with one attached hydrogen (secondary N) is 1. The Kier molecular flexibility index (Phi) is 8.15. The molecule has 9 nitrogen and oxygen atoms in total. The molecule has 2 aromatic heterocycles. The van der Waals surface area contributed by atoms with Crippen molar-refractivity contribution < 1.29 is 27.2 Å². The molecule has 0 aliphatic heterocycles. The lowest BCUT2D eigenvalue weighted by atomic mass is 10.2. The summed E-state index contributed by atoms with van der Waals surface area (Å²) in [6, 6.07) is 9.41. The van der Waals surface area contributed by atoms with Gasteiger partial charge in [-0.25, -0.2) is 22.9 Å². The van der Waals surface area contributed by atoms with Crippen molar-refractivity contribution in [3.8, 4) is 0 Å². The second-order valence-electron chi connectivity index (χ2n) is 6.80. The minimum Gasteiger partial charge on any atom is -0.468 e. The second-order valence-corrected chi connectivity index (χ2v) is 9.40. The van der Waals surface area contributed by atoms with E-state index in [1.165, 1.54) is 53.7 Å². The third kappa shape index (κ3) is 6.85. The lowest BCUT2D eigenvalue weighted by molar-refractivity contribution is -0.139. The summed E-state index contributed by atoms with van der Waals surface area (Å²) in [4.78, 5) is 29.5. The van der Waals surface area contributed by atoms with Crippen LogP contribution in [-0.4, -0.2) is 31.8 Å². The standard InChI is InChI=1S/C22H23N3O6S2/c1-3-25(16(2)26)22-24-18(15-32-22)14-31-21(27)11-8-17-6-9-20(10-7-17)33(28,29)23-13-19-5-4-12-30-19/h4-12,15,23H,3,13-14H2,1-2H3/b11-8+. The Morgan fingerprint density at radius 1 is 1.24 bits per heavy atom. The van der Waals surface area contributed by atoms with Gasteiger partial charge >= 0.3 is 5.97 Å². The highest BCUT2D eigenvalue weighted by atomic mass is 32.2. The van der Waals surface area contributed by atoms with Crippen LogP contribution in [0.2, 0.25) is 0 Å². The quantitative estimate of drug-likeness (QED) is 0.343. The molecule has 0 radical (unpaired) electrons. The summed E-state index contributed by atoms with van der Waals surface area (Å²) in [6.45, 7) is 3.86. The van der Waals surface area contributed by atoms with E-state index in [4.69, 9.17) is 9.15 Å². The molecule has 0 atom stereocenters. The first-order valence-electron chi connectivity index (χ1n) is 9.98. The fourth-order valence-corrected chi connectivity index (χ4v) is 4.67. The van der Waals surface area contributed by atoms with E-state index in [1.807, 2.05) is 6.92 Å². The summed E-state index contributed by atoms with van der Waals surface area (Å²) in [6.07, 6.45) is 4.24. The molecule has 0 aliphatic rings. The number of hydrogen-bond donors (Lipinski definition) is 1. The SMILES string of the molecule is CCN(C(C)=O)c1nc(COC(=O)/C=C/c2ccc(S(=O)(=O)NCc3ccco3)cc2)cs1. The van der Waals surface area contributed by atoms with Crippen LogP contribution in [0.5, 0.6) is 0 Å². The van der Waals surface area contributed by atoms with Gasteiger partial charge in [0, 0.05) is 24.9 Å². The molecule has 0 fully saturated rings. The molecule has 1 amide bonds. The number of furan rings is 1. The number of benzene rings is 1. The minimum absolute atomic E-state index is 0.0202. The number of ether oxygens (including phenoxy) is 1. The van der Waals surface area contributed by atoms with E-state index in [-0.39, 0.29) is 24.0 Å². The summed E-state index contributed by atoms with van der Waals surface area (Å²) in [5.74, 6) is -0.169. The molecule has 3 aromatic rings. The van der Waals surface area contributed by atoms with Crippen LogP contribution in [-0.2, 0) is 37.5 Å². The van der Waals surface area contributed by atoms with Crippen LogP contribution >= 0.6 is 11.3 Å². The van der Waals surface area contributed by atoms with Gasteiger partial charge in [-0.15, -0.1) is 11.3 Å². The average molecular weight is 490 g/mol. The number of anilines is 1. The van der Waals surface area contributed by atoms with Crippen molar-refractivity contribution in [3.63, 3.8) is 0 Å². The maximum absolute atomic E-state index is 12.4. The Labute approximate surface area is 195 Å². The molecule has 0 bridgehead atoms. The van der Waals surface area contributed by atoms with Gasteiger partial charge < -0.3 is 9.15 Å². The van der Waals surface area contributed by atoms with Crippen molar-refractivity contribution in [3.05, 3.63) is 71.1 Å². The van der Waals surface area contributed by atoms with Crippen molar-refractivity contribution in [2.24, 2.45) is 0 Å². The number of esters is 1. The molecule has 2 heterocycles. The zero-order chi connectivity index (χ0) is 23.8.